The molecule has 1 nitrogen and oxygen atoms in total. The maximum absolute atomic E-state index is 2.51. The average Bonchev–Trinajstić information content (AvgIpc) is 3.82. The van der Waals surface area contributed by atoms with Crippen LogP contribution in [0.3, 0.4) is 0 Å². The van der Waals surface area contributed by atoms with Gasteiger partial charge in [-0.1, -0.05) is 111 Å². The van der Waals surface area contributed by atoms with Gasteiger partial charge >= 0.3 is 0 Å². The lowest BCUT2D eigenvalue weighted by molar-refractivity contribution is 0.327. The Labute approximate surface area is 266 Å². The van der Waals surface area contributed by atoms with E-state index in [-0.39, 0.29) is 10.8 Å². The zero-order valence-electron chi connectivity index (χ0n) is 26.1. The van der Waals surface area contributed by atoms with Crippen LogP contribution in [0.15, 0.2) is 127 Å². The van der Waals surface area contributed by atoms with Gasteiger partial charge in [0, 0.05) is 27.9 Å². The molecule has 0 aliphatic heterocycles. The molecule has 0 amide bonds. The zero-order valence-corrected chi connectivity index (χ0v) is 26.1. The van der Waals surface area contributed by atoms with Crippen LogP contribution in [0.4, 0.5) is 17.1 Å². The van der Waals surface area contributed by atoms with Crippen molar-refractivity contribution >= 4 is 27.8 Å². The van der Waals surface area contributed by atoms with Gasteiger partial charge in [-0.05, 0) is 123 Å². The Balaban J connectivity index is 1.18. The SMILES string of the molecule is CC1(C)c2ccccc2-c2ccc(N(c3ccc4c(c3)-c3ccccc3C43CC4CCC3C4)c3ccc4ccccc4c3)cc21. The maximum Gasteiger partial charge on any atom is 0.0468 e. The molecule has 0 aromatic heterocycles. The molecule has 4 aliphatic rings. The van der Waals surface area contributed by atoms with Gasteiger partial charge in [0.15, 0.2) is 0 Å². The van der Waals surface area contributed by atoms with Crippen LogP contribution in [0.2, 0.25) is 0 Å². The molecule has 10 rings (SSSR count). The molecule has 6 aromatic carbocycles. The molecule has 0 heterocycles. The highest BCUT2D eigenvalue weighted by molar-refractivity contribution is 5.92. The maximum atomic E-state index is 2.51. The van der Waals surface area contributed by atoms with Gasteiger partial charge in [0.2, 0.25) is 0 Å². The van der Waals surface area contributed by atoms with Crippen molar-refractivity contribution < 1.29 is 0 Å². The molecule has 1 spiro atoms. The molecule has 0 radical (unpaired) electrons. The van der Waals surface area contributed by atoms with E-state index in [9.17, 15) is 0 Å². The largest absolute Gasteiger partial charge is 0.310 e. The Kier molecular flexibility index (Phi) is 5.12. The summed E-state index contributed by atoms with van der Waals surface area (Å²) in [4.78, 5) is 2.50. The van der Waals surface area contributed by atoms with Crippen LogP contribution in [-0.4, -0.2) is 0 Å². The van der Waals surface area contributed by atoms with E-state index in [0.717, 1.165) is 11.8 Å². The van der Waals surface area contributed by atoms with Gasteiger partial charge in [0.05, 0.1) is 0 Å². The van der Waals surface area contributed by atoms with E-state index < -0.39 is 0 Å². The van der Waals surface area contributed by atoms with Gasteiger partial charge in [-0.15, -0.1) is 0 Å². The second-order valence-corrected chi connectivity index (χ2v) is 14.6. The third-order valence-electron chi connectivity index (χ3n) is 12.1. The first-order valence-corrected chi connectivity index (χ1v) is 16.8. The number of fused-ring (bicyclic) bond motifs is 12. The second kappa shape index (κ2) is 8.98. The van der Waals surface area contributed by atoms with E-state index in [1.165, 1.54) is 86.9 Å². The van der Waals surface area contributed by atoms with Crippen molar-refractivity contribution in [2.75, 3.05) is 4.90 Å². The normalized spacial score (nSPS) is 22.8. The third kappa shape index (κ3) is 3.39. The van der Waals surface area contributed by atoms with Gasteiger partial charge in [-0.3, -0.25) is 0 Å². The predicted molar refractivity (Wildman–Crippen MR) is 188 cm³/mol. The Hall–Kier alpha value is -4.62. The van der Waals surface area contributed by atoms with Gasteiger partial charge in [0.1, 0.15) is 0 Å². The molecular weight excluding hydrogens is 542 g/mol. The summed E-state index contributed by atoms with van der Waals surface area (Å²) < 4.78 is 0. The minimum absolute atomic E-state index is 0.0535. The minimum atomic E-state index is -0.0535. The van der Waals surface area contributed by atoms with Crippen LogP contribution in [-0.2, 0) is 10.8 Å². The quantitative estimate of drug-likeness (QED) is 0.202. The topological polar surface area (TPSA) is 3.24 Å². The number of rotatable bonds is 3. The molecule has 45 heavy (non-hydrogen) atoms. The lowest BCUT2D eigenvalue weighted by Crippen LogP contribution is -2.31. The second-order valence-electron chi connectivity index (χ2n) is 14.6. The van der Waals surface area contributed by atoms with E-state index in [2.05, 4.69) is 146 Å². The fraction of sp³-hybridized carbons (Fsp3) is 0.227. The summed E-state index contributed by atoms with van der Waals surface area (Å²) in [7, 11) is 0. The molecule has 1 heteroatoms. The van der Waals surface area contributed by atoms with Crippen LogP contribution in [0.25, 0.3) is 33.0 Å². The highest BCUT2D eigenvalue weighted by Crippen LogP contribution is 2.66. The number of anilines is 3. The van der Waals surface area contributed by atoms with Gasteiger partial charge in [-0.25, -0.2) is 0 Å². The number of hydrogen-bond acceptors (Lipinski definition) is 1. The number of hydrogen-bond donors (Lipinski definition) is 0. The zero-order chi connectivity index (χ0) is 29.9. The molecule has 6 aromatic rings. The molecule has 3 unspecified atom stereocenters. The molecule has 3 atom stereocenters. The first kappa shape index (κ1) is 25.7. The summed E-state index contributed by atoms with van der Waals surface area (Å²) in [6.45, 7) is 4.76. The standard InChI is InChI=1S/C44H37N/c1-43(2)39-13-7-5-11-35(39)37-21-19-34(26-42(37)43)45(32-18-16-29-9-3-4-10-30(29)24-32)33-20-22-41-38(25-33)36-12-6-8-14-40(36)44(41)27-28-15-17-31(44)23-28/h3-14,16,18-22,24-26,28,31H,15,17,23,27H2,1-2H3. The summed E-state index contributed by atoms with van der Waals surface area (Å²) in [5.74, 6) is 1.65. The molecule has 2 fully saturated rings. The minimum Gasteiger partial charge on any atom is -0.310 e. The van der Waals surface area contributed by atoms with Crippen molar-refractivity contribution in [1.82, 2.24) is 0 Å². The van der Waals surface area contributed by atoms with Gasteiger partial charge in [-0.2, -0.15) is 0 Å². The molecule has 4 aliphatic carbocycles. The van der Waals surface area contributed by atoms with Crippen molar-refractivity contribution in [3.8, 4) is 22.3 Å². The van der Waals surface area contributed by atoms with Crippen molar-refractivity contribution in [2.24, 2.45) is 11.8 Å². The molecular formula is C44H37N. The van der Waals surface area contributed by atoms with Crippen LogP contribution < -0.4 is 4.90 Å². The molecule has 0 saturated heterocycles. The van der Waals surface area contributed by atoms with Crippen molar-refractivity contribution in [2.45, 2.75) is 50.4 Å². The predicted octanol–water partition coefficient (Wildman–Crippen LogP) is 11.7. The number of benzene rings is 6. The summed E-state index contributed by atoms with van der Waals surface area (Å²) in [5.41, 5.74) is 15.4. The third-order valence-corrected chi connectivity index (χ3v) is 12.1. The summed E-state index contributed by atoms with van der Waals surface area (Å²) in [6.07, 6.45) is 5.49. The first-order chi connectivity index (χ1) is 22.0. The molecule has 0 N–H and O–H groups in total. The highest BCUT2D eigenvalue weighted by Gasteiger charge is 2.56. The van der Waals surface area contributed by atoms with E-state index >= 15 is 0 Å². The van der Waals surface area contributed by atoms with Gasteiger partial charge in [0.25, 0.3) is 0 Å². The average molecular weight is 580 g/mol. The first-order valence-electron chi connectivity index (χ1n) is 16.8. The van der Waals surface area contributed by atoms with Crippen molar-refractivity contribution in [3.05, 3.63) is 150 Å². The van der Waals surface area contributed by atoms with E-state index in [1.807, 2.05) is 0 Å². The van der Waals surface area contributed by atoms with Crippen LogP contribution in [0.5, 0.6) is 0 Å². The van der Waals surface area contributed by atoms with E-state index in [1.54, 1.807) is 11.1 Å². The fourth-order valence-corrected chi connectivity index (χ4v) is 10.1. The van der Waals surface area contributed by atoms with Crippen LogP contribution >= 0.6 is 0 Å². The van der Waals surface area contributed by atoms with Gasteiger partial charge < -0.3 is 4.90 Å². The number of nitrogens with zero attached hydrogens (tertiary/aromatic N) is 1. The highest BCUT2D eigenvalue weighted by atomic mass is 15.1. The monoisotopic (exact) mass is 579 g/mol. The smallest absolute Gasteiger partial charge is 0.0468 e. The molecule has 2 saturated carbocycles. The van der Waals surface area contributed by atoms with Crippen LogP contribution in [0, 0.1) is 11.8 Å². The summed E-state index contributed by atoms with van der Waals surface area (Å²) in [5, 5.41) is 2.54. The van der Waals surface area contributed by atoms with Crippen molar-refractivity contribution in [3.63, 3.8) is 0 Å². The Bertz CT molecular complexity index is 2190. The molecule has 218 valence electrons. The Morgan fingerprint density at radius 2 is 1.13 bits per heavy atom. The van der Waals surface area contributed by atoms with Crippen LogP contribution in [0.1, 0.15) is 61.8 Å². The van der Waals surface area contributed by atoms with Crippen molar-refractivity contribution in [1.29, 1.82) is 0 Å². The Morgan fingerprint density at radius 1 is 0.511 bits per heavy atom. The lowest BCUT2D eigenvalue weighted by atomic mass is 9.67. The summed E-state index contributed by atoms with van der Waals surface area (Å²) in [6, 6.07) is 48.5. The lowest BCUT2D eigenvalue weighted by Gasteiger charge is -2.36. The molecule has 2 bridgehead atoms. The summed E-state index contributed by atoms with van der Waals surface area (Å²) >= 11 is 0. The Morgan fingerprint density at radius 3 is 1.93 bits per heavy atom. The van der Waals surface area contributed by atoms with E-state index in [0.29, 0.717) is 0 Å². The van der Waals surface area contributed by atoms with E-state index in [4.69, 9.17) is 0 Å². The fourth-order valence-electron chi connectivity index (χ4n) is 10.1.